The number of aromatic nitrogens is 6. The summed E-state index contributed by atoms with van der Waals surface area (Å²) in [5, 5.41) is 5.20. The summed E-state index contributed by atoms with van der Waals surface area (Å²) in [5.74, 6) is 1.11. The Balaban J connectivity index is 2.09. The molecule has 0 bridgehead atoms. The van der Waals surface area contributed by atoms with Crippen LogP contribution in [0.2, 0.25) is 0 Å². The summed E-state index contributed by atoms with van der Waals surface area (Å²) in [5.41, 5.74) is 8.16. The number of aryl methyl sites for hydroxylation is 1. The molecule has 0 spiro atoms. The lowest BCUT2D eigenvalue weighted by atomic mass is 10.2. The Morgan fingerprint density at radius 2 is 1.77 bits per heavy atom. The van der Waals surface area contributed by atoms with Gasteiger partial charge in [-0.3, -0.25) is 0 Å². The van der Waals surface area contributed by atoms with E-state index < -0.39 is 0 Å². The topological polar surface area (TPSA) is 98.6 Å². The fourth-order valence-corrected chi connectivity index (χ4v) is 2.42. The number of hydrogen-bond donors (Lipinski definition) is 1. The van der Waals surface area contributed by atoms with Crippen molar-refractivity contribution in [2.75, 3.05) is 23.7 Å². The van der Waals surface area contributed by atoms with E-state index in [1.165, 1.54) is 6.33 Å². The lowest BCUT2D eigenvalue weighted by Crippen LogP contribution is -2.23. The molecule has 8 nitrogen and oxygen atoms in total. The number of nitrogens with two attached hydrogens (primary N) is 1. The van der Waals surface area contributed by atoms with Crippen molar-refractivity contribution in [3.05, 3.63) is 18.7 Å². The molecule has 8 heteroatoms. The van der Waals surface area contributed by atoms with Crippen LogP contribution in [0.3, 0.4) is 0 Å². The Morgan fingerprint density at radius 1 is 1.09 bits per heavy atom. The van der Waals surface area contributed by atoms with Gasteiger partial charge in [-0.1, -0.05) is 0 Å². The van der Waals surface area contributed by atoms with E-state index in [2.05, 4.69) is 43.8 Å². The Bertz CT molecular complexity index is 788. The zero-order chi connectivity index (χ0) is 15.7. The minimum atomic E-state index is 0.404. The molecular weight excluding hydrogens is 280 g/mol. The normalized spacial score (nSPS) is 11.0. The summed E-state index contributed by atoms with van der Waals surface area (Å²) >= 11 is 0. The second-order valence-corrected chi connectivity index (χ2v) is 4.87. The molecule has 2 N–H and O–H groups in total. The fraction of sp³-hybridized carbons (Fsp3) is 0.357. The molecule has 3 aromatic heterocycles. The Labute approximate surface area is 128 Å². The molecule has 0 amide bonds. The van der Waals surface area contributed by atoms with Crippen LogP contribution in [0.4, 0.5) is 11.8 Å². The van der Waals surface area contributed by atoms with E-state index in [0.717, 1.165) is 24.0 Å². The summed E-state index contributed by atoms with van der Waals surface area (Å²) in [6.07, 6.45) is 4.95. The maximum atomic E-state index is 5.98. The predicted octanol–water partition coefficient (Wildman–Crippen LogP) is 1.25. The van der Waals surface area contributed by atoms with E-state index in [1.807, 2.05) is 7.05 Å². The van der Waals surface area contributed by atoms with Crippen LogP contribution < -0.4 is 10.6 Å². The van der Waals surface area contributed by atoms with Crippen molar-refractivity contribution in [3.8, 4) is 11.3 Å². The standard InChI is InChI=1S/C14H18N8/c1-4-22(5-2)14-16-6-9(7-17-14)11-10-12(15)18-8-19-13(10)21(3)20-11/h6-8H,4-5H2,1-3H3,(H2,15,18,19). The molecule has 0 aliphatic carbocycles. The number of anilines is 2. The van der Waals surface area contributed by atoms with Crippen LogP contribution in [0.5, 0.6) is 0 Å². The molecule has 0 aromatic carbocycles. The van der Waals surface area contributed by atoms with Crippen molar-refractivity contribution >= 4 is 22.8 Å². The van der Waals surface area contributed by atoms with Crippen LogP contribution in [0, 0.1) is 0 Å². The molecule has 0 radical (unpaired) electrons. The van der Waals surface area contributed by atoms with Crippen molar-refractivity contribution in [1.29, 1.82) is 0 Å². The third kappa shape index (κ3) is 2.22. The van der Waals surface area contributed by atoms with Gasteiger partial charge in [-0.25, -0.2) is 24.6 Å². The maximum Gasteiger partial charge on any atom is 0.225 e. The van der Waals surface area contributed by atoms with Crippen LogP contribution in [-0.2, 0) is 7.05 Å². The highest BCUT2D eigenvalue weighted by Gasteiger charge is 2.16. The zero-order valence-corrected chi connectivity index (χ0v) is 12.9. The van der Waals surface area contributed by atoms with Gasteiger partial charge in [0.25, 0.3) is 0 Å². The van der Waals surface area contributed by atoms with E-state index >= 15 is 0 Å². The van der Waals surface area contributed by atoms with Gasteiger partial charge in [-0.15, -0.1) is 0 Å². The molecular formula is C14H18N8. The van der Waals surface area contributed by atoms with E-state index in [-0.39, 0.29) is 0 Å². The van der Waals surface area contributed by atoms with Gasteiger partial charge in [0.2, 0.25) is 5.95 Å². The van der Waals surface area contributed by atoms with Gasteiger partial charge in [-0.05, 0) is 13.8 Å². The first kappa shape index (κ1) is 14.2. The van der Waals surface area contributed by atoms with E-state index in [4.69, 9.17) is 5.73 Å². The summed E-state index contributed by atoms with van der Waals surface area (Å²) in [7, 11) is 1.82. The second-order valence-electron chi connectivity index (χ2n) is 4.87. The van der Waals surface area contributed by atoms with Crippen molar-refractivity contribution < 1.29 is 0 Å². The monoisotopic (exact) mass is 298 g/mol. The quantitative estimate of drug-likeness (QED) is 0.773. The number of nitrogen functional groups attached to an aromatic ring is 1. The fourth-order valence-electron chi connectivity index (χ4n) is 2.42. The Kier molecular flexibility index (Phi) is 3.58. The van der Waals surface area contributed by atoms with E-state index in [9.17, 15) is 0 Å². The number of nitrogens with zero attached hydrogens (tertiary/aromatic N) is 7. The maximum absolute atomic E-state index is 5.98. The van der Waals surface area contributed by atoms with Gasteiger partial charge in [0.1, 0.15) is 17.8 Å². The molecule has 22 heavy (non-hydrogen) atoms. The first-order valence-electron chi connectivity index (χ1n) is 7.16. The van der Waals surface area contributed by atoms with E-state index in [0.29, 0.717) is 23.1 Å². The van der Waals surface area contributed by atoms with Crippen molar-refractivity contribution in [2.45, 2.75) is 13.8 Å². The average molecular weight is 298 g/mol. The Hall–Kier alpha value is -2.77. The minimum absolute atomic E-state index is 0.404. The van der Waals surface area contributed by atoms with Gasteiger partial charge in [0.15, 0.2) is 5.65 Å². The molecule has 0 fully saturated rings. The summed E-state index contributed by atoms with van der Waals surface area (Å²) in [6.45, 7) is 5.88. The third-order valence-electron chi connectivity index (χ3n) is 3.61. The van der Waals surface area contributed by atoms with Gasteiger partial charge in [-0.2, -0.15) is 5.10 Å². The smallest absolute Gasteiger partial charge is 0.225 e. The average Bonchev–Trinajstić information content (AvgIpc) is 2.88. The van der Waals surface area contributed by atoms with Crippen LogP contribution in [0.15, 0.2) is 18.7 Å². The molecule has 0 aliphatic rings. The van der Waals surface area contributed by atoms with Crippen molar-refractivity contribution in [3.63, 3.8) is 0 Å². The molecule has 3 heterocycles. The second kappa shape index (κ2) is 5.55. The highest BCUT2D eigenvalue weighted by Crippen LogP contribution is 2.29. The van der Waals surface area contributed by atoms with Crippen LogP contribution in [0.25, 0.3) is 22.3 Å². The highest BCUT2D eigenvalue weighted by atomic mass is 15.3. The number of rotatable bonds is 4. The SMILES string of the molecule is CCN(CC)c1ncc(-c2nn(C)c3ncnc(N)c23)cn1. The summed E-state index contributed by atoms with van der Waals surface area (Å²) in [4.78, 5) is 19.2. The molecule has 0 unspecified atom stereocenters. The molecule has 3 aromatic rings. The molecule has 0 atom stereocenters. The van der Waals surface area contributed by atoms with Gasteiger partial charge >= 0.3 is 0 Å². The Morgan fingerprint density at radius 3 is 2.41 bits per heavy atom. The predicted molar refractivity (Wildman–Crippen MR) is 85.3 cm³/mol. The first-order valence-corrected chi connectivity index (χ1v) is 7.16. The molecule has 0 saturated carbocycles. The van der Waals surface area contributed by atoms with E-state index in [1.54, 1.807) is 17.1 Å². The van der Waals surface area contributed by atoms with Gasteiger partial charge in [0, 0.05) is 38.1 Å². The highest BCUT2D eigenvalue weighted by molar-refractivity contribution is 5.97. The largest absolute Gasteiger partial charge is 0.383 e. The number of hydrogen-bond acceptors (Lipinski definition) is 7. The lowest BCUT2D eigenvalue weighted by molar-refractivity contribution is 0.787. The lowest BCUT2D eigenvalue weighted by Gasteiger charge is -2.17. The zero-order valence-electron chi connectivity index (χ0n) is 12.9. The molecule has 114 valence electrons. The molecule has 0 aliphatic heterocycles. The van der Waals surface area contributed by atoms with Gasteiger partial charge < -0.3 is 10.6 Å². The number of fused-ring (bicyclic) bond motifs is 1. The minimum Gasteiger partial charge on any atom is -0.383 e. The van der Waals surface area contributed by atoms with Gasteiger partial charge in [0.05, 0.1) is 5.39 Å². The molecule has 3 rings (SSSR count). The van der Waals surface area contributed by atoms with Crippen molar-refractivity contribution in [2.24, 2.45) is 7.05 Å². The van der Waals surface area contributed by atoms with Crippen LogP contribution in [0.1, 0.15) is 13.8 Å². The first-order chi connectivity index (χ1) is 10.7. The van der Waals surface area contributed by atoms with Crippen LogP contribution in [-0.4, -0.2) is 42.8 Å². The summed E-state index contributed by atoms with van der Waals surface area (Å²) < 4.78 is 1.68. The van der Waals surface area contributed by atoms with Crippen LogP contribution >= 0.6 is 0 Å². The summed E-state index contributed by atoms with van der Waals surface area (Å²) in [6, 6.07) is 0. The molecule has 0 saturated heterocycles. The van der Waals surface area contributed by atoms with Crippen molar-refractivity contribution in [1.82, 2.24) is 29.7 Å². The third-order valence-corrected chi connectivity index (χ3v) is 3.61.